The summed E-state index contributed by atoms with van der Waals surface area (Å²) in [6.07, 6.45) is 0. The number of esters is 1. The molecule has 1 N–H and O–H groups in total. The van der Waals surface area contributed by atoms with Crippen LogP contribution in [0.15, 0.2) is 18.2 Å². The lowest BCUT2D eigenvalue weighted by atomic mass is 9.99. The standard InChI is InChI=1S/C14H21NO2/c1-9-6-7-10(2)13(8-9)11(3)15-12(4)14(16)17-5/h6-8,11-12,15H,1-5H3/t11?,12-/m0/s1. The van der Waals surface area contributed by atoms with E-state index in [-0.39, 0.29) is 18.1 Å². The Hall–Kier alpha value is -1.35. The predicted octanol–water partition coefficient (Wildman–Crippen LogP) is 2.52. The molecular weight excluding hydrogens is 214 g/mol. The molecule has 17 heavy (non-hydrogen) atoms. The van der Waals surface area contributed by atoms with Crippen molar-refractivity contribution < 1.29 is 9.53 Å². The van der Waals surface area contributed by atoms with E-state index in [1.807, 2.05) is 6.92 Å². The first-order valence-electron chi connectivity index (χ1n) is 5.86. The van der Waals surface area contributed by atoms with Crippen LogP contribution in [0.3, 0.4) is 0 Å². The van der Waals surface area contributed by atoms with E-state index < -0.39 is 0 Å². The van der Waals surface area contributed by atoms with Crippen molar-refractivity contribution in [2.24, 2.45) is 0 Å². The molecule has 3 heteroatoms. The number of nitrogens with one attached hydrogen (secondary N) is 1. The Balaban J connectivity index is 2.79. The number of hydrogen-bond acceptors (Lipinski definition) is 3. The molecule has 1 rings (SSSR count). The second kappa shape index (κ2) is 5.82. The summed E-state index contributed by atoms with van der Waals surface area (Å²) in [6.45, 7) is 8.02. The number of carbonyl (C=O) groups excluding carboxylic acids is 1. The molecule has 1 aromatic carbocycles. The third-order valence-corrected chi connectivity index (χ3v) is 2.96. The molecule has 0 aliphatic rings. The van der Waals surface area contributed by atoms with Gasteiger partial charge in [-0.15, -0.1) is 0 Å². The normalized spacial score (nSPS) is 14.2. The van der Waals surface area contributed by atoms with Gasteiger partial charge in [0.05, 0.1) is 7.11 Å². The monoisotopic (exact) mass is 235 g/mol. The van der Waals surface area contributed by atoms with Crippen molar-refractivity contribution in [3.63, 3.8) is 0 Å². The lowest BCUT2D eigenvalue weighted by Gasteiger charge is -2.20. The Labute approximate surface area is 103 Å². The summed E-state index contributed by atoms with van der Waals surface area (Å²) in [5.74, 6) is -0.234. The minimum atomic E-state index is -0.296. The van der Waals surface area contributed by atoms with Crippen molar-refractivity contribution in [3.05, 3.63) is 34.9 Å². The fraction of sp³-hybridized carbons (Fsp3) is 0.500. The van der Waals surface area contributed by atoms with Crippen molar-refractivity contribution in [3.8, 4) is 0 Å². The average Bonchev–Trinajstić information content (AvgIpc) is 2.30. The van der Waals surface area contributed by atoms with E-state index in [1.54, 1.807) is 0 Å². The van der Waals surface area contributed by atoms with Crippen molar-refractivity contribution in [1.29, 1.82) is 0 Å². The van der Waals surface area contributed by atoms with Crippen LogP contribution in [0.1, 0.15) is 36.6 Å². The molecule has 0 amide bonds. The smallest absolute Gasteiger partial charge is 0.322 e. The van der Waals surface area contributed by atoms with E-state index in [1.165, 1.54) is 23.8 Å². The first kappa shape index (κ1) is 13.7. The number of hydrogen-bond donors (Lipinski definition) is 1. The maximum absolute atomic E-state index is 11.3. The summed E-state index contributed by atoms with van der Waals surface area (Å²) in [5.41, 5.74) is 3.68. The van der Waals surface area contributed by atoms with E-state index in [4.69, 9.17) is 4.74 Å². The number of benzene rings is 1. The van der Waals surface area contributed by atoms with Crippen LogP contribution in [0.2, 0.25) is 0 Å². The lowest BCUT2D eigenvalue weighted by Crippen LogP contribution is -2.36. The molecule has 0 aliphatic heterocycles. The van der Waals surface area contributed by atoms with E-state index >= 15 is 0 Å². The number of methoxy groups -OCH3 is 1. The van der Waals surface area contributed by atoms with Crippen molar-refractivity contribution >= 4 is 5.97 Å². The SMILES string of the molecule is COC(=O)[C@H](C)NC(C)c1cc(C)ccc1C. The summed E-state index contributed by atoms with van der Waals surface area (Å²) < 4.78 is 4.70. The van der Waals surface area contributed by atoms with Gasteiger partial charge in [0, 0.05) is 6.04 Å². The van der Waals surface area contributed by atoms with E-state index in [9.17, 15) is 4.79 Å². The first-order valence-corrected chi connectivity index (χ1v) is 5.86. The average molecular weight is 235 g/mol. The van der Waals surface area contributed by atoms with Gasteiger partial charge < -0.3 is 4.74 Å². The Morgan fingerprint density at radius 2 is 1.94 bits per heavy atom. The zero-order chi connectivity index (χ0) is 13.0. The van der Waals surface area contributed by atoms with Gasteiger partial charge in [0.15, 0.2) is 0 Å². The molecular formula is C14H21NO2. The molecule has 2 atom stereocenters. The van der Waals surface area contributed by atoms with Gasteiger partial charge in [-0.2, -0.15) is 0 Å². The Kier molecular flexibility index (Phi) is 4.70. The topological polar surface area (TPSA) is 38.3 Å². The molecule has 0 saturated carbocycles. The molecule has 0 spiro atoms. The molecule has 0 bridgehead atoms. The minimum Gasteiger partial charge on any atom is -0.468 e. The van der Waals surface area contributed by atoms with Crippen molar-refractivity contribution in [1.82, 2.24) is 5.32 Å². The number of aryl methyl sites for hydroxylation is 2. The second-order valence-electron chi connectivity index (χ2n) is 4.49. The molecule has 94 valence electrons. The maximum atomic E-state index is 11.3. The summed E-state index contributed by atoms with van der Waals surface area (Å²) in [6, 6.07) is 6.18. The maximum Gasteiger partial charge on any atom is 0.322 e. The van der Waals surface area contributed by atoms with Crippen LogP contribution in [0.5, 0.6) is 0 Å². The van der Waals surface area contributed by atoms with Gasteiger partial charge in [0.1, 0.15) is 6.04 Å². The molecule has 3 nitrogen and oxygen atoms in total. The summed E-state index contributed by atoms with van der Waals surface area (Å²) in [7, 11) is 1.41. The van der Waals surface area contributed by atoms with Crippen molar-refractivity contribution in [2.45, 2.75) is 39.8 Å². The lowest BCUT2D eigenvalue weighted by molar-refractivity contribution is -0.142. The minimum absolute atomic E-state index is 0.129. The van der Waals surface area contributed by atoms with E-state index in [0.29, 0.717) is 0 Å². The quantitative estimate of drug-likeness (QED) is 0.815. The van der Waals surface area contributed by atoms with Gasteiger partial charge in [-0.1, -0.05) is 23.8 Å². The predicted molar refractivity (Wildman–Crippen MR) is 68.9 cm³/mol. The third kappa shape index (κ3) is 3.56. The Morgan fingerprint density at radius 1 is 1.29 bits per heavy atom. The highest BCUT2D eigenvalue weighted by atomic mass is 16.5. The molecule has 1 unspecified atom stereocenters. The largest absolute Gasteiger partial charge is 0.468 e. The zero-order valence-corrected chi connectivity index (χ0v) is 11.2. The van der Waals surface area contributed by atoms with E-state index in [2.05, 4.69) is 44.3 Å². The fourth-order valence-corrected chi connectivity index (χ4v) is 1.94. The zero-order valence-electron chi connectivity index (χ0n) is 11.2. The highest BCUT2D eigenvalue weighted by molar-refractivity contribution is 5.75. The summed E-state index contributed by atoms with van der Waals surface area (Å²) in [5, 5.41) is 3.24. The van der Waals surface area contributed by atoms with Gasteiger partial charge in [-0.25, -0.2) is 0 Å². The summed E-state index contributed by atoms with van der Waals surface area (Å²) >= 11 is 0. The van der Waals surface area contributed by atoms with Crippen LogP contribution in [0.25, 0.3) is 0 Å². The molecule has 0 aromatic heterocycles. The molecule has 0 heterocycles. The Morgan fingerprint density at radius 3 is 2.53 bits per heavy atom. The van der Waals surface area contributed by atoms with Gasteiger partial charge >= 0.3 is 5.97 Å². The number of rotatable bonds is 4. The highest BCUT2D eigenvalue weighted by Gasteiger charge is 2.17. The molecule has 0 fully saturated rings. The van der Waals surface area contributed by atoms with Gasteiger partial charge in [0.25, 0.3) is 0 Å². The van der Waals surface area contributed by atoms with Crippen LogP contribution in [0.4, 0.5) is 0 Å². The number of carbonyl (C=O) groups is 1. The highest BCUT2D eigenvalue weighted by Crippen LogP contribution is 2.19. The van der Waals surface area contributed by atoms with Crippen LogP contribution in [0, 0.1) is 13.8 Å². The van der Waals surface area contributed by atoms with Gasteiger partial charge in [-0.3, -0.25) is 10.1 Å². The van der Waals surface area contributed by atoms with Crippen LogP contribution < -0.4 is 5.32 Å². The second-order valence-corrected chi connectivity index (χ2v) is 4.49. The Bertz CT molecular complexity index is 401. The van der Waals surface area contributed by atoms with Crippen molar-refractivity contribution in [2.75, 3.05) is 7.11 Å². The van der Waals surface area contributed by atoms with Crippen LogP contribution >= 0.6 is 0 Å². The first-order chi connectivity index (χ1) is 7.95. The molecule has 0 radical (unpaired) electrons. The summed E-state index contributed by atoms with van der Waals surface area (Å²) in [4.78, 5) is 11.3. The van der Waals surface area contributed by atoms with Gasteiger partial charge in [0.2, 0.25) is 0 Å². The fourth-order valence-electron chi connectivity index (χ4n) is 1.94. The molecule has 1 aromatic rings. The molecule has 0 saturated heterocycles. The molecule has 0 aliphatic carbocycles. The van der Waals surface area contributed by atoms with E-state index in [0.717, 1.165) is 0 Å². The van der Waals surface area contributed by atoms with Gasteiger partial charge in [-0.05, 0) is 38.8 Å². The van der Waals surface area contributed by atoms with Crippen LogP contribution in [-0.2, 0) is 9.53 Å². The third-order valence-electron chi connectivity index (χ3n) is 2.96. The van der Waals surface area contributed by atoms with Crippen LogP contribution in [-0.4, -0.2) is 19.1 Å². The number of ether oxygens (including phenoxy) is 1.